The van der Waals surface area contributed by atoms with Gasteiger partial charge in [-0.05, 0) is 46.7 Å². The lowest BCUT2D eigenvalue weighted by atomic mass is 10.2. The molecule has 0 radical (unpaired) electrons. The highest BCUT2D eigenvalue weighted by Crippen LogP contribution is 2.15. The van der Waals surface area contributed by atoms with E-state index in [1.807, 2.05) is 37.3 Å². The summed E-state index contributed by atoms with van der Waals surface area (Å²) in [5, 5.41) is 14.0. The molecule has 0 spiro atoms. The monoisotopic (exact) mass is 337 g/mol. The molecule has 7 nitrogen and oxygen atoms in total. The number of carbonyl (C=O) groups excluding carboxylic acids is 1. The minimum absolute atomic E-state index is 0.262. The van der Waals surface area contributed by atoms with E-state index in [1.54, 1.807) is 28.9 Å². The Hall–Kier alpha value is -3.22. The van der Waals surface area contributed by atoms with Gasteiger partial charge in [-0.15, -0.1) is 0 Å². The third-order valence-electron chi connectivity index (χ3n) is 3.56. The zero-order valence-electron chi connectivity index (χ0n) is 13.9. The van der Waals surface area contributed by atoms with Crippen molar-refractivity contribution in [2.75, 3.05) is 5.32 Å². The van der Waals surface area contributed by atoms with Crippen molar-refractivity contribution in [3.63, 3.8) is 0 Å². The van der Waals surface area contributed by atoms with E-state index in [-0.39, 0.29) is 5.91 Å². The number of nitrogens with one attached hydrogen (secondary N) is 1. The largest absolute Gasteiger partial charge is 0.489 e. The third-order valence-corrected chi connectivity index (χ3v) is 3.56. The van der Waals surface area contributed by atoms with Gasteiger partial charge in [-0.3, -0.25) is 10.1 Å². The van der Waals surface area contributed by atoms with E-state index in [9.17, 15) is 4.79 Å². The van der Waals surface area contributed by atoms with Crippen molar-refractivity contribution in [1.29, 1.82) is 0 Å². The number of tetrazole rings is 1. The molecule has 0 bridgehead atoms. The first kappa shape index (κ1) is 16.6. The van der Waals surface area contributed by atoms with Crippen molar-refractivity contribution < 1.29 is 9.53 Å². The van der Waals surface area contributed by atoms with Crippen LogP contribution in [0.1, 0.15) is 29.3 Å². The van der Waals surface area contributed by atoms with E-state index in [2.05, 4.69) is 20.8 Å². The fourth-order valence-electron chi connectivity index (χ4n) is 2.27. The van der Waals surface area contributed by atoms with Gasteiger partial charge in [0.1, 0.15) is 12.4 Å². The van der Waals surface area contributed by atoms with E-state index in [0.29, 0.717) is 30.4 Å². The average molecular weight is 337 g/mol. The summed E-state index contributed by atoms with van der Waals surface area (Å²) in [7, 11) is 0. The van der Waals surface area contributed by atoms with E-state index in [0.717, 1.165) is 12.0 Å². The second-order valence-corrected chi connectivity index (χ2v) is 5.48. The summed E-state index contributed by atoms with van der Waals surface area (Å²) in [6, 6.07) is 16.9. The fourth-order valence-corrected chi connectivity index (χ4v) is 2.27. The minimum atomic E-state index is -0.262. The molecular formula is C18H19N5O2. The van der Waals surface area contributed by atoms with Gasteiger partial charge >= 0.3 is 0 Å². The maximum atomic E-state index is 12.3. The van der Waals surface area contributed by atoms with Crippen LogP contribution < -0.4 is 10.1 Å². The Balaban J connectivity index is 1.59. The number of anilines is 1. The lowest BCUT2D eigenvalue weighted by Crippen LogP contribution is -2.16. The molecule has 128 valence electrons. The van der Waals surface area contributed by atoms with Crippen LogP contribution in [0.25, 0.3) is 0 Å². The zero-order chi connectivity index (χ0) is 17.5. The molecule has 0 aliphatic carbocycles. The first-order valence-electron chi connectivity index (χ1n) is 8.10. The molecule has 0 atom stereocenters. The van der Waals surface area contributed by atoms with Crippen LogP contribution in [-0.4, -0.2) is 26.1 Å². The Labute approximate surface area is 145 Å². The SMILES string of the molecule is CCCn1nnnc1NC(=O)c1ccc(OCc2ccccc2)cc1. The predicted octanol–water partition coefficient (Wildman–Crippen LogP) is 2.91. The van der Waals surface area contributed by atoms with Crippen molar-refractivity contribution in [3.8, 4) is 5.75 Å². The van der Waals surface area contributed by atoms with Crippen LogP contribution in [-0.2, 0) is 13.2 Å². The molecule has 1 N–H and O–H groups in total. The molecule has 0 unspecified atom stereocenters. The van der Waals surface area contributed by atoms with Crippen LogP contribution in [0.15, 0.2) is 54.6 Å². The van der Waals surface area contributed by atoms with Gasteiger partial charge in [0.2, 0.25) is 5.95 Å². The Morgan fingerprint density at radius 1 is 1.12 bits per heavy atom. The number of nitrogens with zero attached hydrogens (tertiary/aromatic N) is 4. The molecule has 0 aliphatic rings. The van der Waals surface area contributed by atoms with Crippen molar-refractivity contribution in [1.82, 2.24) is 20.2 Å². The Morgan fingerprint density at radius 2 is 1.88 bits per heavy atom. The van der Waals surface area contributed by atoms with Crippen molar-refractivity contribution in [2.24, 2.45) is 0 Å². The first-order valence-corrected chi connectivity index (χ1v) is 8.10. The van der Waals surface area contributed by atoms with Crippen LogP contribution in [0.3, 0.4) is 0 Å². The van der Waals surface area contributed by atoms with Gasteiger partial charge in [0, 0.05) is 12.1 Å². The van der Waals surface area contributed by atoms with Crippen LogP contribution in [0, 0.1) is 0 Å². The summed E-state index contributed by atoms with van der Waals surface area (Å²) in [6.45, 7) is 3.15. The highest BCUT2D eigenvalue weighted by molar-refractivity contribution is 6.03. The summed E-state index contributed by atoms with van der Waals surface area (Å²) in [6.07, 6.45) is 0.876. The molecule has 1 amide bonds. The second kappa shape index (κ2) is 8.05. The van der Waals surface area contributed by atoms with Gasteiger partial charge in [0.25, 0.3) is 5.91 Å². The topological polar surface area (TPSA) is 81.9 Å². The number of hydrogen-bond acceptors (Lipinski definition) is 5. The van der Waals surface area contributed by atoms with E-state index < -0.39 is 0 Å². The molecule has 7 heteroatoms. The van der Waals surface area contributed by atoms with Gasteiger partial charge in [0.15, 0.2) is 0 Å². The molecule has 0 saturated heterocycles. The molecule has 3 aromatic rings. The number of amides is 1. The summed E-state index contributed by atoms with van der Waals surface area (Å²) < 4.78 is 7.28. The molecule has 2 aromatic carbocycles. The minimum Gasteiger partial charge on any atom is -0.489 e. The number of hydrogen-bond donors (Lipinski definition) is 1. The van der Waals surface area contributed by atoms with Crippen LogP contribution in [0.2, 0.25) is 0 Å². The lowest BCUT2D eigenvalue weighted by molar-refractivity contribution is 0.102. The maximum Gasteiger partial charge on any atom is 0.258 e. The Bertz CT molecular complexity index is 815. The van der Waals surface area contributed by atoms with Crippen LogP contribution in [0.4, 0.5) is 5.95 Å². The number of aryl methyl sites for hydroxylation is 1. The molecule has 25 heavy (non-hydrogen) atoms. The number of ether oxygens (including phenoxy) is 1. The fraction of sp³-hybridized carbons (Fsp3) is 0.222. The molecule has 3 rings (SSSR count). The van der Waals surface area contributed by atoms with E-state index >= 15 is 0 Å². The Kier molecular flexibility index (Phi) is 5.36. The van der Waals surface area contributed by atoms with Crippen molar-refractivity contribution >= 4 is 11.9 Å². The molecule has 1 heterocycles. The van der Waals surface area contributed by atoms with Gasteiger partial charge in [-0.1, -0.05) is 42.4 Å². The maximum absolute atomic E-state index is 12.3. The summed E-state index contributed by atoms with van der Waals surface area (Å²) in [5.74, 6) is 0.786. The number of benzene rings is 2. The summed E-state index contributed by atoms with van der Waals surface area (Å²) in [5.41, 5.74) is 1.60. The van der Waals surface area contributed by atoms with Crippen LogP contribution in [0.5, 0.6) is 5.75 Å². The first-order chi connectivity index (χ1) is 12.3. The number of aromatic nitrogens is 4. The molecular weight excluding hydrogens is 318 g/mol. The van der Waals surface area contributed by atoms with Gasteiger partial charge in [-0.25, -0.2) is 4.68 Å². The quantitative estimate of drug-likeness (QED) is 0.717. The van der Waals surface area contributed by atoms with Gasteiger partial charge in [0.05, 0.1) is 0 Å². The normalized spacial score (nSPS) is 10.4. The van der Waals surface area contributed by atoms with Gasteiger partial charge < -0.3 is 4.74 Å². The molecule has 0 aliphatic heterocycles. The van der Waals surface area contributed by atoms with Crippen molar-refractivity contribution in [3.05, 3.63) is 65.7 Å². The highest BCUT2D eigenvalue weighted by Gasteiger charge is 2.11. The molecule has 0 saturated carbocycles. The van der Waals surface area contributed by atoms with E-state index in [1.165, 1.54) is 0 Å². The predicted molar refractivity (Wildman–Crippen MR) is 93.3 cm³/mol. The molecule has 0 fully saturated rings. The Morgan fingerprint density at radius 3 is 2.60 bits per heavy atom. The zero-order valence-corrected chi connectivity index (χ0v) is 13.9. The average Bonchev–Trinajstić information content (AvgIpc) is 3.08. The van der Waals surface area contributed by atoms with E-state index in [4.69, 9.17) is 4.74 Å². The summed E-state index contributed by atoms with van der Waals surface area (Å²) in [4.78, 5) is 12.3. The van der Waals surface area contributed by atoms with Crippen LogP contribution >= 0.6 is 0 Å². The lowest BCUT2D eigenvalue weighted by Gasteiger charge is -2.08. The second-order valence-electron chi connectivity index (χ2n) is 5.48. The smallest absolute Gasteiger partial charge is 0.258 e. The highest BCUT2D eigenvalue weighted by atomic mass is 16.5. The van der Waals surface area contributed by atoms with Crippen molar-refractivity contribution in [2.45, 2.75) is 26.5 Å². The standard InChI is InChI=1S/C18H19N5O2/c1-2-12-23-18(20-21-22-23)19-17(24)15-8-10-16(11-9-15)25-13-14-6-4-3-5-7-14/h3-11H,2,12-13H2,1H3,(H,19,20,22,24). The van der Waals surface area contributed by atoms with Gasteiger partial charge in [-0.2, -0.15) is 0 Å². The third kappa shape index (κ3) is 4.41. The number of rotatable bonds is 7. The molecule has 1 aromatic heterocycles. The number of carbonyl (C=O) groups is 1. The summed E-state index contributed by atoms with van der Waals surface area (Å²) >= 11 is 0.